The first-order chi connectivity index (χ1) is 14.7. The number of carbonyl (C=O) groups excluding carboxylic acids is 1. The second-order valence-electron chi connectivity index (χ2n) is 8.34. The Hall–Kier alpha value is -2.75. The molecule has 0 spiro atoms. The van der Waals surface area contributed by atoms with Gasteiger partial charge in [-0.25, -0.2) is 9.18 Å². The average molecular weight is 406 g/mol. The molecule has 0 N–H and O–H groups in total. The van der Waals surface area contributed by atoms with Gasteiger partial charge in [0, 0.05) is 5.92 Å². The van der Waals surface area contributed by atoms with E-state index in [1.54, 1.807) is 0 Å². The molecule has 3 nitrogen and oxygen atoms in total. The van der Waals surface area contributed by atoms with Gasteiger partial charge in [-0.3, -0.25) is 0 Å². The van der Waals surface area contributed by atoms with Crippen LogP contribution in [0.15, 0.2) is 65.3 Å². The molecule has 156 valence electrons. The van der Waals surface area contributed by atoms with Gasteiger partial charge in [-0.05, 0) is 79.5 Å². The lowest BCUT2D eigenvalue weighted by Gasteiger charge is -2.34. The van der Waals surface area contributed by atoms with E-state index in [2.05, 4.69) is 23.4 Å². The second-order valence-corrected chi connectivity index (χ2v) is 8.34. The number of benzene rings is 2. The summed E-state index contributed by atoms with van der Waals surface area (Å²) in [5.41, 5.74) is 3.52. The number of nitrogens with zero attached hydrogens (tertiary/aromatic N) is 1. The van der Waals surface area contributed by atoms with E-state index in [-0.39, 0.29) is 5.82 Å². The zero-order chi connectivity index (χ0) is 20.8. The molecule has 2 aliphatic carbocycles. The van der Waals surface area contributed by atoms with Crippen molar-refractivity contribution in [1.29, 1.82) is 0 Å². The molecule has 0 bridgehead atoms. The highest BCUT2D eigenvalue weighted by molar-refractivity contribution is 6.06. The van der Waals surface area contributed by atoms with Crippen LogP contribution in [0.1, 0.15) is 67.3 Å². The standard InChI is InChI=1S/C26H28FNO2/c27-23-16-14-21(15-17-23)26(29)30-28-25-22(18-19-8-3-1-4-9-19)12-7-13-24(25)20-10-5-2-6-11-20/h1,3-4,8-9,14-18,20,24H,2,5-7,10-13H2/b22-18+,28-25+/t24-/m0/s1. The van der Waals surface area contributed by atoms with Crippen LogP contribution in [-0.2, 0) is 4.84 Å². The van der Waals surface area contributed by atoms with Crippen LogP contribution in [0, 0.1) is 17.7 Å². The highest BCUT2D eigenvalue weighted by Gasteiger charge is 2.33. The Labute approximate surface area is 177 Å². The molecule has 0 saturated heterocycles. The topological polar surface area (TPSA) is 38.7 Å². The molecule has 2 fully saturated rings. The SMILES string of the molecule is O=C(O/N=C1\C(=C\c2ccccc2)CCC[C@H]1C1CCCCC1)c1ccc(F)cc1. The van der Waals surface area contributed by atoms with Crippen LogP contribution in [0.4, 0.5) is 4.39 Å². The van der Waals surface area contributed by atoms with Gasteiger partial charge in [-0.15, -0.1) is 0 Å². The van der Waals surface area contributed by atoms with Crippen molar-refractivity contribution in [2.75, 3.05) is 0 Å². The number of hydrogen-bond donors (Lipinski definition) is 0. The Balaban J connectivity index is 1.62. The van der Waals surface area contributed by atoms with Crippen LogP contribution >= 0.6 is 0 Å². The number of allylic oxidation sites excluding steroid dienone is 1. The molecule has 2 aliphatic rings. The monoisotopic (exact) mass is 405 g/mol. The summed E-state index contributed by atoms with van der Waals surface area (Å²) < 4.78 is 13.2. The van der Waals surface area contributed by atoms with Crippen molar-refractivity contribution >= 4 is 17.8 Å². The van der Waals surface area contributed by atoms with Gasteiger partial charge >= 0.3 is 5.97 Å². The number of hydrogen-bond acceptors (Lipinski definition) is 3. The smallest absolute Gasteiger partial charge is 0.313 e. The van der Waals surface area contributed by atoms with E-state index in [1.807, 2.05) is 18.2 Å². The number of carbonyl (C=O) groups is 1. The summed E-state index contributed by atoms with van der Waals surface area (Å²) in [6.45, 7) is 0. The van der Waals surface area contributed by atoms with E-state index in [9.17, 15) is 9.18 Å². The Morgan fingerprint density at radius 2 is 1.67 bits per heavy atom. The van der Waals surface area contributed by atoms with Crippen LogP contribution in [-0.4, -0.2) is 11.7 Å². The van der Waals surface area contributed by atoms with Crippen molar-refractivity contribution in [3.8, 4) is 0 Å². The summed E-state index contributed by atoms with van der Waals surface area (Å²) in [6, 6.07) is 15.6. The van der Waals surface area contributed by atoms with Crippen molar-refractivity contribution < 1.29 is 14.0 Å². The van der Waals surface area contributed by atoms with Crippen molar-refractivity contribution in [3.05, 3.63) is 77.1 Å². The van der Waals surface area contributed by atoms with E-state index in [1.165, 1.54) is 56.4 Å². The van der Waals surface area contributed by atoms with E-state index in [4.69, 9.17) is 4.84 Å². The minimum absolute atomic E-state index is 0.305. The quantitative estimate of drug-likeness (QED) is 0.414. The summed E-state index contributed by atoms with van der Waals surface area (Å²) in [7, 11) is 0. The van der Waals surface area contributed by atoms with Crippen LogP contribution < -0.4 is 0 Å². The van der Waals surface area contributed by atoms with Crippen molar-refractivity contribution in [2.45, 2.75) is 51.4 Å². The first-order valence-corrected chi connectivity index (χ1v) is 11.0. The molecule has 4 rings (SSSR count). The highest BCUT2D eigenvalue weighted by atomic mass is 19.1. The Morgan fingerprint density at radius 1 is 0.933 bits per heavy atom. The normalized spacial score (nSPS) is 22.9. The molecule has 0 radical (unpaired) electrons. The van der Waals surface area contributed by atoms with Crippen molar-refractivity contribution in [3.63, 3.8) is 0 Å². The molecular weight excluding hydrogens is 377 g/mol. The molecule has 2 aromatic rings. The summed E-state index contributed by atoms with van der Waals surface area (Å²) in [6.07, 6.45) is 11.6. The average Bonchev–Trinajstić information content (AvgIpc) is 2.79. The van der Waals surface area contributed by atoms with Crippen LogP contribution in [0.3, 0.4) is 0 Å². The third-order valence-corrected chi connectivity index (χ3v) is 6.31. The number of rotatable bonds is 4. The lowest BCUT2D eigenvalue weighted by Crippen LogP contribution is -2.30. The first kappa shape index (κ1) is 20.5. The summed E-state index contributed by atoms with van der Waals surface area (Å²) in [4.78, 5) is 17.9. The first-order valence-electron chi connectivity index (χ1n) is 11.0. The maximum atomic E-state index is 13.2. The molecule has 0 unspecified atom stereocenters. The maximum absolute atomic E-state index is 13.2. The van der Waals surface area contributed by atoms with Gasteiger partial charge in [-0.1, -0.05) is 54.8 Å². The fourth-order valence-corrected chi connectivity index (χ4v) is 4.76. The predicted octanol–water partition coefficient (Wildman–Crippen LogP) is 6.80. The van der Waals surface area contributed by atoms with E-state index in [0.717, 1.165) is 36.1 Å². The van der Waals surface area contributed by atoms with Crippen molar-refractivity contribution in [1.82, 2.24) is 0 Å². The zero-order valence-electron chi connectivity index (χ0n) is 17.2. The molecule has 0 heterocycles. The van der Waals surface area contributed by atoms with Gasteiger partial charge < -0.3 is 4.84 Å². The van der Waals surface area contributed by atoms with E-state index in [0.29, 0.717) is 17.4 Å². The highest BCUT2D eigenvalue weighted by Crippen LogP contribution is 2.39. The third-order valence-electron chi connectivity index (χ3n) is 6.31. The molecule has 0 amide bonds. The Morgan fingerprint density at radius 3 is 2.40 bits per heavy atom. The summed E-state index contributed by atoms with van der Waals surface area (Å²) >= 11 is 0. The van der Waals surface area contributed by atoms with Gasteiger partial charge in [0.05, 0.1) is 11.3 Å². The number of halogens is 1. The molecule has 30 heavy (non-hydrogen) atoms. The van der Waals surface area contributed by atoms with Crippen molar-refractivity contribution in [2.24, 2.45) is 17.0 Å². The van der Waals surface area contributed by atoms with E-state index < -0.39 is 5.97 Å². The summed E-state index contributed by atoms with van der Waals surface area (Å²) in [5.74, 6) is 0.00152. The number of oxime groups is 1. The van der Waals surface area contributed by atoms with Gasteiger partial charge in [0.25, 0.3) is 0 Å². The van der Waals surface area contributed by atoms with Gasteiger partial charge in [0.2, 0.25) is 0 Å². The van der Waals surface area contributed by atoms with Crippen LogP contribution in [0.5, 0.6) is 0 Å². The minimum atomic E-state index is -0.547. The predicted molar refractivity (Wildman–Crippen MR) is 118 cm³/mol. The van der Waals surface area contributed by atoms with E-state index >= 15 is 0 Å². The minimum Gasteiger partial charge on any atom is -0.313 e. The lowest BCUT2D eigenvalue weighted by atomic mass is 9.71. The van der Waals surface area contributed by atoms with Crippen LogP contribution in [0.2, 0.25) is 0 Å². The Bertz CT molecular complexity index is 912. The zero-order valence-corrected chi connectivity index (χ0v) is 17.2. The lowest BCUT2D eigenvalue weighted by molar-refractivity contribution is 0.0511. The second kappa shape index (κ2) is 9.84. The third kappa shape index (κ3) is 5.05. The fourth-order valence-electron chi connectivity index (χ4n) is 4.76. The fraction of sp³-hybridized carbons (Fsp3) is 0.385. The molecule has 0 aliphatic heterocycles. The molecular formula is C26H28FNO2. The molecule has 0 aromatic heterocycles. The van der Waals surface area contributed by atoms with Gasteiger partial charge in [-0.2, -0.15) is 0 Å². The Kier molecular flexibility index (Phi) is 6.73. The molecule has 2 saturated carbocycles. The molecule has 1 atom stereocenters. The summed E-state index contributed by atoms with van der Waals surface area (Å²) in [5, 5.41) is 4.42. The molecule has 2 aromatic carbocycles. The van der Waals surface area contributed by atoms with Gasteiger partial charge in [0.1, 0.15) is 5.82 Å². The molecule has 4 heteroatoms. The largest absolute Gasteiger partial charge is 0.365 e. The van der Waals surface area contributed by atoms with Gasteiger partial charge in [0.15, 0.2) is 0 Å². The maximum Gasteiger partial charge on any atom is 0.365 e. The van der Waals surface area contributed by atoms with Crippen LogP contribution in [0.25, 0.3) is 6.08 Å².